The molecular weight excluding hydrogens is 184 g/mol. The minimum atomic E-state index is -0.537. The standard InChI is InChI=1S/C10H10O4/c1-5-6(2)8(4-12)10(14)9(13)7(5)3-11/h3-4,13-14H,1-2H3. The van der Waals surface area contributed by atoms with Crippen molar-refractivity contribution >= 4 is 12.6 Å². The van der Waals surface area contributed by atoms with Crippen molar-refractivity contribution in [2.45, 2.75) is 13.8 Å². The van der Waals surface area contributed by atoms with E-state index in [1.807, 2.05) is 0 Å². The zero-order valence-electron chi connectivity index (χ0n) is 7.87. The first-order valence-electron chi connectivity index (χ1n) is 4.00. The van der Waals surface area contributed by atoms with Crippen LogP contribution in [0.15, 0.2) is 0 Å². The van der Waals surface area contributed by atoms with Crippen LogP contribution in [0.4, 0.5) is 0 Å². The van der Waals surface area contributed by atoms with Gasteiger partial charge in [-0.3, -0.25) is 9.59 Å². The minimum absolute atomic E-state index is 0.0191. The van der Waals surface area contributed by atoms with E-state index in [-0.39, 0.29) is 11.1 Å². The van der Waals surface area contributed by atoms with Gasteiger partial charge in [-0.1, -0.05) is 0 Å². The summed E-state index contributed by atoms with van der Waals surface area (Å²) in [5.74, 6) is -1.07. The van der Waals surface area contributed by atoms with Crippen molar-refractivity contribution in [1.82, 2.24) is 0 Å². The van der Waals surface area contributed by atoms with Crippen LogP contribution in [-0.4, -0.2) is 22.8 Å². The van der Waals surface area contributed by atoms with Crippen molar-refractivity contribution < 1.29 is 19.8 Å². The number of carbonyl (C=O) groups excluding carboxylic acids is 2. The first kappa shape index (κ1) is 10.2. The van der Waals surface area contributed by atoms with E-state index in [1.165, 1.54) is 0 Å². The van der Waals surface area contributed by atoms with E-state index in [0.29, 0.717) is 23.7 Å². The second-order valence-corrected chi connectivity index (χ2v) is 3.01. The number of phenolic OH excluding ortho intramolecular Hbond substituents is 2. The van der Waals surface area contributed by atoms with Crippen LogP contribution in [0, 0.1) is 13.8 Å². The highest BCUT2D eigenvalue weighted by Crippen LogP contribution is 2.35. The summed E-state index contributed by atoms with van der Waals surface area (Å²) in [5.41, 5.74) is 1.03. The highest BCUT2D eigenvalue weighted by molar-refractivity contribution is 5.91. The van der Waals surface area contributed by atoms with Gasteiger partial charge in [0.05, 0.1) is 11.1 Å². The van der Waals surface area contributed by atoms with E-state index >= 15 is 0 Å². The minimum Gasteiger partial charge on any atom is -0.504 e. The molecule has 0 fully saturated rings. The fourth-order valence-corrected chi connectivity index (χ4v) is 1.30. The third-order valence-corrected chi connectivity index (χ3v) is 2.34. The number of hydrogen-bond acceptors (Lipinski definition) is 4. The van der Waals surface area contributed by atoms with Gasteiger partial charge in [-0.2, -0.15) is 0 Å². The van der Waals surface area contributed by atoms with Crippen molar-refractivity contribution in [3.8, 4) is 11.5 Å². The topological polar surface area (TPSA) is 74.6 Å². The third-order valence-electron chi connectivity index (χ3n) is 2.34. The highest BCUT2D eigenvalue weighted by atomic mass is 16.3. The molecule has 1 aromatic carbocycles. The second-order valence-electron chi connectivity index (χ2n) is 3.01. The molecule has 14 heavy (non-hydrogen) atoms. The number of aldehydes is 2. The fourth-order valence-electron chi connectivity index (χ4n) is 1.30. The second kappa shape index (κ2) is 3.49. The smallest absolute Gasteiger partial charge is 0.169 e. The Bertz CT molecular complexity index is 339. The lowest BCUT2D eigenvalue weighted by atomic mass is 9.97. The molecule has 4 nitrogen and oxygen atoms in total. The van der Waals surface area contributed by atoms with Gasteiger partial charge < -0.3 is 10.2 Å². The van der Waals surface area contributed by atoms with Crippen molar-refractivity contribution in [2.24, 2.45) is 0 Å². The van der Waals surface area contributed by atoms with E-state index in [1.54, 1.807) is 13.8 Å². The van der Waals surface area contributed by atoms with Crippen LogP contribution in [0.25, 0.3) is 0 Å². The third kappa shape index (κ3) is 1.25. The Morgan fingerprint density at radius 1 is 0.857 bits per heavy atom. The normalized spacial score (nSPS) is 9.86. The molecule has 4 heteroatoms. The number of carbonyl (C=O) groups is 2. The molecule has 0 saturated heterocycles. The Morgan fingerprint density at radius 3 is 1.36 bits per heavy atom. The molecule has 0 amide bonds. The van der Waals surface area contributed by atoms with E-state index < -0.39 is 11.5 Å². The predicted molar refractivity (Wildman–Crippen MR) is 50.0 cm³/mol. The Balaban J connectivity index is 3.71. The number of rotatable bonds is 2. The quantitative estimate of drug-likeness (QED) is 0.550. The highest BCUT2D eigenvalue weighted by Gasteiger charge is 2.17. The van der Waals surface area contributed by atoms with Gasteiger partial charge in [-0.15, -0.1) is 0 Å². The summed E-state index contributed by atoms with van der Waals surface area (Å²) in [6.07, 6.45) is 0.901. The van der Waals surface area contributed by atoms with Crippen LogP contribution < -0.4 is 0 Å². The molecule has 0 unspecified atom stereocenters. The summed E-state index contributed by atoms with van der Waals surface area (Å²) in [5, 5.41) is 18.7. The molecule has 0 atom stereocenters. The summed E-state index contributed by atoms with van der Waals surface area (Å²) in [4.78, 5) is 21.2. The average molecular weight is 194 g/mol. The molecule has 0 aliphatic rings. The van der Waals surface area contributed by atoms with Gasteiger partial charge in [-0.25, -0.2) is 0 Å². The Labute approximate surface area is 80.8 Å². The van der Waals surface area contributed by atoms with Gasteiger partial charge in [0.2, 0.25) is 0 Å². The van der Waals surface area contributed by atoms with E-state index in [0.717, 1.165) is 0 Å². The molecule has 0 radical (unpaired) electrons. The number of phenols is 2. The molecule has 2 N–H and O–H groups in total. The zero-order valence-corrected chi connectivity index (χ0v) is 7.87. The molecule has 1 aromatic rings. The van der Waals surface area contributed by atoms with Gasteiger partial charge in [-0.05, 0) is 25.0 Å². The maximum atomic E-state index is 10.6. The van der Waals surface area contributed by atoms with Crippen LogP contribution >= 0.6 is 0 Å². The van der Waals surface area contributed by atoms with Gasteiger partial charge in [0, 0.05) is 0 Å². The molecular formula is C10H10O4. The van der Waals surface area contributed by atoms with Crippen LogP contribution in [-0.2, 0) is 0 Å². The van der Waals surface area contributed by atoms with Gasteiger partial charge in [0.1, 0.15) is 0 Å². The lowest BCUT2D eigenvalue weighted by Crippen LogP contribution is -1.97. The van der Waals surface area contributed by atoms with Crippen LogP contribution in [0.2, 0.25) is 0 Å². The van der Waals surface area contributed by atoms with Crippen LogP contribution in [0.1, 0.15) is 31.8 Å². The van der Waals surface area contributed by atoms with Gasteiger partial charge in [0.15, 0.2) is 24.1 Å². The molecule has 0 spiro atoms. The Hall–Kier alpha value is -1.84. The first-order chi connectivity index (χ1) is 6.54. The van der Waals surface area contributed by atoms with Crippen LogP contribution in [0.3, 0.4) is 0 Å². The summed E-state index contributed by atoms with van der Waals surface area (Å²) in [7, 11) is 0. The van der Waals surface area contributed by atoms with Crippen LogP contribution in [0.5, 0.6) is 11.5 Å². The van der Waals surface area contributed by atoms with E-state index in [9.17, 15) is 19.8 Å². The maximum absolute atomic E-state index is 10.6. The number of hydrogen-bond donors (Lipinski definition) is 2. The van der Waals surface area contributed by atoms with E-state index in [2.05, 4.69) is 0 Å². The molecule has 0 heterocycles. The SMILES string of the molecule is Cc1c(C)c(C=O)c(O)c(O)c1C=O. The fraction of sp³-hybridized carbons (Fsp3) is 0.200. The summed E-state index contributed by atoms with van der Waals surface area (Å²) in [6, 6.07) is 0. The first-order valence-corrected chi connectivity index (χ1v) is 4.00. The van der Waals surface area contributed by atoms with Crippen molar-refractivity contribution in [3.05, 3.63) is 22.3 Å². The number of benzene rings is 1. The summed E-state index contributed by atoms with van der Waals surface area (Å²) < 4.78 is 0. The summed E-state index contributed by atoms with van der Waals surface area (Å²) in [6.45, 7) is 3.20. The van der Waals surface area contributed by atoms with Crippen molar-refractivity contribution in [3.63, 3.8) is 0 Å². The van der Waals surface area contributed by atoms with Crippen molar-refractivity contribution in [2.75, 3.05) is 0 Å². The molecule has 0 aliphatic heterocycles. The predicted octanol–water partition coefficient (Wildman–Crippen LogP) is 1.34. The average Bonchev–Trinajstić information content (AvgIpc) is 2.17. The molecule has 74 valence electrons. The number of aromatic hydroxyl groups is 2. The van der Waals surface area contributed by atoms with Gasteiger partial charge in [0.25, 0.3) is 0 Å². The van der Waals surface area contributed by atoms with Crippen molar-refractivity contribution in [1.29, 1.82) is 0 Å². The largest absolute Gasteiger partial charge is 0.504 e. The zero-order chi connectivity index (χ0) is 10.9. The molecule has 1 rings (SSSR count). The molecule has 0 aromatic heterocycles. The molecule has 0 saturated carbocycles. The lowest BCUT2D eigenvalue weighted by Gasteiger charge is -2.10. The summed E-state index contributed by atoms with van der Waals surface area (Å²) >= 11 is 0. The maximum Gasteiger partial charge on any atom is 0.169 e. The Morgan fingerprint density at radius 2 is 1.14 bits per heavy atom. The van der Waals surface area contributed by atoms with Gasteiger partial charge >= 0.3 is 0 Å². The van der Waals surface area contributed by atoms with E-state index in [4.69, 9.17) is 0 Å². The monoisotopic (exact) mass is 194 g/mol. The molecule has 0 aliphatic carbocycles. The Kier molecular flexibility index (Phi) is 2.56. The lowest BCUT2D eigenvalue weighted by molar-refractivity contribution is 0.110. The molecule has 0 bridgehead atoms.